The SMILES string of the molecule is COc1ccc(CNc2nc(-c3ccncc3)cc(=O)n2C)cc1. The van der Waals surface area contributed by atoms with Crippen molar-refractivity contribution in [2.45, 2.75) is 6.54 Å². The van der Waals surface area contributed by atoms with Gasteiger partial charge in [-0.05, 0) is 29.8 Å². The zero-order valence-corrected chi connectivity index (χ0v) is 13.6. The van der Waals surface area contributed by atoms with Crippen LogP contribution < -0.4 is 15.6 Å². The maximum Gasteiger partial charge on any atom is 0.255 e. The first kappa shape index (κ1) is 15.7. The zero-order valence-electron chi connectivity index (χ0n) is 13.6. The Morgan fingerprint density at radius 3 is 2.50 bits per heavy atom. The standard InChI is InChI=1S/C18H18N4O2/c1-22-17(23)11-16(14-7-9-19-10-8-14)21-18(22)20-12-13-3-5-15(24-2)6-4-13/h3-11H,12H2,1-2H3,(H,20,21). The van der Waals surface area contributed by atoms with Gasteiger partial charge in [0.2, 0.25) is 5.95 Å². The fourth-order valence-electron chi connectivity index (χ4n) is 2.29. The summed E-state index contributed by atoms with van der Waals surface area (Å²) in [7, 11) is 3.33. The number of benzene rings is 1. The minimum absolute atomic E-state index is 0.117. The first-order chi connectivity index (χ1) is 11.7. The number of pyridine rings is 1. The van der Waals surface area contributed by atoms with E-state index in [0.29, 0.717) is 18.2 Å². The van der Waals surface area contributed by atoms with Crippen LogP contribution in [0.25, 0.3) is 11.3 Å². The molecule has 0 spiro atoms. The van der Waals surface area contributed by atoms with E-state index >= 15 is 0 Å². The predicted molar refractivity (Wildman–Crippen MR) is 93.0 cm³/mol. The summed E-state index contributed by atoms with van der Waals surface area (Å²) in [6.45, 7) is 0.560. The van der Waals surface area contributed by atoms with Crippen molar-refractivity contribution in [1.29, 1.82) is 0 Å². The van der Waals surface area contributed by atoms with Gasteiger partial charge in [0.1, 0.15) is 5.75 Å². The van der Waals surface area contributed by atoms with Crippen LogP contribution in [0, 0.1) is 0 Å². The fraction of sp³-hybridized carbons (Fsp3) is 0.167. The Labute approximate surface area is 139 Å². The minimum Gasteiger partial charge on any atom is -0.497 e. The number of rotatable bonds is 5. The van der Waals surface area contributed by atoms with Gasteiger partial charge in [-0.15, -0.1) is 0 Å². The van der Waals surface area contributed by atoms with Gasteiger partial charge in [-0.3, -0.25) is 14.3 Å². The van der Waals surface area contributed by atoms with Crippen LogP contribution in [0.1, 0.15) is 5.56 Å². The van der Waals surface area contributed by atoms with Gasteiger partial charge in [-0.2, -0.15) is 0 Å². The summed E-state index contributed by atoms with van der Waals surface area (Å²) in [6.07, 6.45) is 3.36. The lowest BCUT2D eigenvalue weighted by atomic mass is 10.2. The predicted octanol–water partition coefficient (Wildman–Crippen LogP) is 2.46. The van der Waals surface area contributed by atoms with E-state index in [9.17, 15) is 4.79 Å². The average molecular weight is 322 g/mol. The van der Waals surface area contributed by atoms with Crippen molar-refractivity contribution in [3.8, 4) is 17.0 Å². The highest BCUT2D eigenvalue weighted by atomic mass is 16.5. The van der Waals surface area contributed by atoms with Gasteiger partial charge in [-0.25, -0.2) is 4.98 Å². The number of anilines is 1. The lowest BCUT2D eigenvalue weighted by Gasteiger charge is -2.12. The van der Waals surface area contributed by atoms with E-state index in [-0.39, 0.29) is 5.56 Å². The molecule has 0 atom stereocenters. The molecule has 1 N–H and O–H groups in total. The number of methoxy groups -OCH3 is 1. The molecule has 2 heterocycles. The number of aromatic nitrogens is 3. The number of hydrogen-bond acceptors (Lipinski definition) is 5. The van der Waals surface area contributed by atoms with Crippen molar-refractivity contribution in [3.05, 3.63) is 70.8 Å². The van der Waals surface area contributed by atoms with E-state index < -0.39 is 0 Å². The normalized spacial score (nSPS) is 10.4. The maximum atomic E-state index is 12.2. The second kappa shape index (κ2) is 6.95. The lowest BCUT2D eigenvalue weighted by molar-refractivity contribution is 0.414. The first-order valence-corrected chi connectivity index (χ1v) is 7.52. The van der Waals surface area contributed by atoms with E-state index in [1.54, 1.807) is 26.6 Å². The second-order valence-electron chi connectivity index (χ2n) is 5.30. The van der Waals surface area contributed by atoms with Crippen LogP contribution in [-0.4, -0.2) is 21.6 Å². The summed E-state index contributed by atoms with van der Waals surface area (Å²) < 4.78 is 6.64. The van der Waals surface area contributed by atoms with Crippen molar-refractivity contribution in [1.82, 2.24) is 14.5 Å². The van der Waals surface area contributed by atoms with Crippen molar-refractivity contribution < 1.29 is 4.74 Å². The van der Waals surface area contributed by atoms with Gasteiger partial charge in [0, 0.05) is 37.6 Å². The molecule has 3 aromatic rings. The van der Waals surface area contributed by atoms with Crippen molar-refractivity contribution in [2.75, 3.05) is 12.4 Å². The van der Waals surface area contributed by atoms with E-state index in [1.807, 2.05) is 36.4 Å². The quantitative estimate of drug-likeness (QED) is 0.781. The molecule has 0 unspecified atom stereocenters. The first-order valence-electron chi connectivity index (χ1n) is 7.52. The van der Waals surface area contributed by atoms with Gasteiger partial charge in [-0.1, -0.05) is 12.1 Å². The average Bonchev–Trinajstić information content (AvgIpc) is 2.64. The van der Waals surface area contributed by atoms with Crippen LogP contribution in [-0.2, 0) is 13.6 Å². The number of ether oxygens (including phenoxy) is 1. The monoisotopic (exact) mass is 322 g/mol. The third kappa shape index (κ3) is 3.43. The third-order valence-corrected chi connectivity index (χ3v) is 3.72. The molecule has 0 aliphatic carbocycles. The van der Waals surface area contributed by atoms with Crippen LogP contribution in [0.2, 0.25) is 0 Å². The Kier molecular flexibility index (Phi) is 4.56. The topological polar surface area (TPSA) is 69.0 Å². The molecule has 0 bridgehead atoms. The Morgan fingerprint density at radius 2 is 1.83 bits per heavy atom. The molecule has 2 aromatic heterocycles. The van der Waals surface area contributed by atoms with Gasteiger partial charge in [0.15, 0.2) is 0 Å². The van der Waals surface area contributed by atoms with Crippen molar-refractivity contribution >= 4 is 5.95 Å². The molecular weight excluding hydrogens is 304 g/mol. The van der Waals surface area contributed by atoms with Crippen LogP contribution in [0.3, 0.4) is 0 Å². The van der Waals surface area contributed by atoms with Gasteiger partial charge in [0.05, 0.1) is 12.8 Å². The highest BCUT2D eigenvalue weighted by Gasteiger charge is 2.07. The van der Waals surface area contributed by atoms with E-state index in [0.717, 1.165) is 16.9 Å². The molecule has 0 aliphatic heterocycles. The van der Waals surface area contributed by atoms with Crippen molar-refractivity contribution in [2.24, 2.45) is 7.05 Å². The summed E-state index contributed by atoms with van der Waals surface area (Å²) >= 11 is 0. The van der Waals surface area contributed by atoms with Crippen LogP contribution in [0.15, 0.2) is 59.7 Å². The molecule has 0 amide bonds. The second-order valence-corrected chi connectivity index (χ2v) is 5.30. The molecule has 3 rings (SSSR count). The summed E-state index contributed by atoms with van der Waals surface area (Å²) in [6, 6.07) is 12.9. The van der Waals surface area contributed by atoms with E-state index in [2.05, 4.69) is 15.3 Å². The molecule has 1 aromatic carbocycles. The Morgan fingerprint density at radius 1 is 1.12 bits per heavy atom. The van der Waals surface area contributed by atoms with E-state index in [1.165, 1.54) is 10.6 Å². The number of hydrogen-bond donors (Lipinski definition) is 1. The Balaban J connectivity index is 1.84. The highest BCUT2D eigenvalue weighted by Crippen LogP contribution is 2.16. The summed E-state index contributed by atoms with van der Waals surface area (Å²) in [4.78, 5) is 20.7. The summed E-state index contributed by atoms with van der Waals surface area (Å²) in [5.41, 5.74) is 2.43. The van der Waals surface area contributed by atoms with Gasteiger partial charge in [0.25, 0.3) is 5.56 Å². The molecular formula is C18H18N4O2. The molecule has 0 aliphatic rings. The summed E-state index contributed by atoms with van der Waals surface area (Å²) in [5, 5.41) is 3.21. The molecule has 0 saturated heterocycles. The molecule has 0 fully saturated rings. The van der Waals surface area contributed by atoms with Crippen molar-refractivity contribution in [3.63, 3.8) is 0 Å². The fourth-order valence-corrected chi connectivity index (χ4v) is 2.29. The zero-order chi connectivity index (χ0) is 16.9. The molecule has 24 heavy (non-hydrogen) atoms. The molecule has 0 saturated carbocycles. The highest BCUT2D eigenvalue weighted by molar-refractivity contribution is 5.59. The number of nitrogens with one attached hydrogen (secondary N) is 1. The minimum atomic E-state index is -0.117. The smallest absolute Gasteiger partial charge is 0.255 e. The Bertz CT molecular complexity index is 874. The summed E-state index contributed by atoms with van der Waals surface area (Å²) in [5.74, 6) is 1.33. The maximum absolute atomic E-state index is 12.2. The third-order valence-electron chi connectivity index (χ3n) is 3.72. The molecule has 6 nitrogen and oxygen atoms in total. The van der Waals surface area contributed by atoms with Crippen LogP contribution in [0.5, 0.6) is 5.75 Å². The van der Waals surface area contributed by atoms with Gasteiger partial charge >= 0.3 is 0 Å². The van der Waals surface area contributed by atoms with Crippen LogP contribution >= 0.6 is 0 Å². The lowest BCUT2D eigenvalue weighted by Crippen LogP contribution is -2.21. The molecule has 122 valence electrons. The van der Waals surface area contributed by atoms with Crippen LogP contribution in [0.4, 0.5) is 5.95 Å². The van der Waals surface area contributed by atoms with E-state index in [4.69, 9.17) is 4.74 Å². The largest absolute Gasteiger partial charge is 0.497 e. The molecule has 6 heteroatoms. The van der Waals surface area contributed by atoms with Gasteiger partial charge < -0.3 is 10.1 Å². The molecule has 0 radical (unpaired) electrons. The number of nitrogens with zero attached hydrogens (tertiary/aromatic N) is 3. The Hall–Kier alpha value is -3.15.